The normalized spacial score (nSPS) is 19.2. The van der Waals surface area contributed by atoms with Gasteiger partial charge in [-0.2, -0.15) is 0 Å². The average molecular weight is 224 g/mol. The summed E-state index contributed by atoms with van der Waals surface area (Å²) < 4.78 is 0. The molecule has 0 nitrogen and oxygen atoms in total. The van der Waals surface area contributed by atoms with Gasteiger partial charge in [-0.25, -0.2) is 0 Å². The average Bonchev–Trinajstić information content (AvgIpc) is 2.23. The van der Waals surface area contributed by atoms with E-state index >= 15 is 0 Å². The first-order valence-corrected chi connectivity index (χ1v) is 7.06. The molecule has 0 aromatic rings. The molecule has 0 N–H and O–H groups in total. The van der Waals surface area contributed by atoms with Crippen molar-refractivity contribution >= 4 is 0 Å². The molecule has 0 bridgehead atoms. The molecule has 0 saturated heterocycles. The third-order valence-corrected chi connectivity index (χ3v) is 4.44. The number of hydrogen-bond acceptors (Lipinski definition) is 0. The van der Waals surface area contributed by atoms with Gasteiger partial charge in [-0.3, -0.25) is 0 Å². The van der Waals surface area contributed by atoms with Crippen LogP contribution in [0.1, 0.15) is 60.8 Å². The molecule has 0 heterocycles. The Bertz CT molecular complexity index is 180. The summed E-state index contributed by atoms with van der Waals surface area (Å²) in [5.74, 6) is 4.05. The standard InChI is InChI=1S/C16H32/c1-8-10-13(5)14(6)15(7)16(11-9-2)12(3)4/h9,12-16H,2,8,10-11H2,1,3-7H3. The minimum absolute atomic E-state index is 0.768. The van der Waals surface area contributed by atoms with Gasteiger partial charge in [-0.15, -0.1) is 6.58 Å². The lowest BCUT2D eigenvalue weighted by molar-refractivity contribution is 0.159. The van der Waals surface area contributed by atoms with Crippen molar-refractivity contribution in [2.75, 3.05) is 0 Å². The lowest BCUT2D eigenvalue weighted by Crippen LogP contribution is -2.27. The molecule has 0 saturated carbocycles. The van der Waals surface area contributed by atoms with Crippen LogP contribution in [0.5, 0.6) is 0 Å². The third-order valence-electron chi connectivity index (χ3n) is 4.44. The molecule has 16 heavy (non-hydrogen) atoms. The number of allylic oxidation sites excluding steroid dienone is 1. The molecule has 0 aliphatic rings. The van der Waals surface area contributed by atoms with Crippen molar-refractivity contribution < 1.29 is 0 Å². The first-order valence-electron chi connectivity index (χ1n) is 7.06. The molecule has 96 valence electrons. The van der Waals surface area contributed by atoms with Crippen molar-refractivity contribution in [1.29, 1.82) is 0 Å². The summed E-state index contributed by atoms with van der Waals surface area (Å²) in [6, 6.07) is 0. The minimum atomic E-state index is 0.768. The van der Waals surface area contributed by atoms with Crippen molar-refractivity contribution in [1.82, 2.24) is 0 Å². The molecule has 0 spiro atoms. The van der Waals surface area contributed by atoms with E-state index in [2.05, 4.69) is 54.2 Å². The maximum absolute atomic E-state index is 3.91. The van der Waals surface area contributed by atoms with Gasteiger partial charge in [0.25, 0.3) is 0 Å². The summed E-state index contributed by atoms with van der Waals surface area (Å²) in [6.07, 6.45) is 5.94. The van der Waals surface area contributed by atoms with E-state index in [1.54, 1.807) is 0 Å². The Morgan fingerprint density at radius 1 is 1.00 bits per heavy atom. The topological polar surface area (TPSA) is 0 Å². The number of rotatable bonds is 8. The summed E-state index contributed by atoms with van der Waals surface area (Å²) in [5, 5.41) is 0. The van der Waals surface area contributed by atoms with Gasteiger partial charge in [0.15, 0.2) is 0 Å². The Morgan fingerprint density at radius 3 is 1.94 bits per heavy atom. The van der Waals surface area contributed by atoms with E-state index in [0.29, 0.717) is 0 Å². The second kappa shape index (κ2) is 7.92. The van der Waals surface area contributed by atoms with E-state index in [1.807, 2.05) is 0 Å². The monoisotopic (exact) mass is 224 g/mol. The molecule has 4 atom stereocenters. The van der Waals surface area contributed by atoms with Gasteiger partial charge in [-0.05, 0) is 36.0 Å². The van der Waals surface area contributed by atoms with Gasteiger partial charge in [0.05, 0.1) is 0 Å². The highest BCUT2D eigenvalue weighted by molar-refractivity contribution is 4.82. The molecule has 0 aliphatic heterocycles. The summed E-state index contributed by atoms with van der Waals surface area (Å²) in [7, 11) is 0. The van der Waals surface area contributed by atoms with E-state index in [9.17, 15) is 0 Å². The Balaban J connectivity index is 4.46. The van der Waals surface area contributed by atoms with Gasteiger partial charge in [0.1, 0.15) is 0 Å². The molecular weight excluding hydrogens is 192 g/mol. The predicted molar refractivity (Wildman–Crippen MR) is 75.5 cm³/mol. The summed E-state index contributed by atoms with van der Waals surface area (Å²) in [5.41, 5.74) is 0. The van der Waals surface area contributed by atoms with Crippen LogP contribution in [0.15, 0.2) is 12.7 Å². The van der Waals surface area contributed by atoms with E-state index in [4.69, 9.17) is 0 Å². The first-order chi connectivity index (χ1) is 7.45. The number of hydrogen-bond donors (Lipinski definition) is 0. The van der Waals surface area contributed by atoms with Crippen LogP contribution in [0.25, 0.3) is 0 Å². The summed E-state index contributed by atoms with van der Waals surface area (Å²) >= 11 is 0. The zero-order valence-electron chi connectivity index (χ0n) is 12.3. The van der Waals surface area contributed by atoms with Crippen LogP contribution in [-0.4, -0.2) is 0 Å². The third kappa shape index (κ3) is 4.72. The Kier molecular flexibility index (Phi) is 7.80. The van der Waals surface area contributed by atoms with Gasteiger partial charge >= 0.3 is 0 Å². The van der Waals surface area contributed by atoms with Crippen LogP contribution in [0.2, 0.25) is 0 Å². The van der Waals surface area contributed by atoms with Crippen LogP contribution in [-0.2, 0) is 0 Å². The van der Waals surface area contributed by atoms with Gasteiger partial charge in [0, 0.05) is 0 Å². The highest BCUT2D eigenvalue weighted by Gasteiger charge is 2.27. The van der Waals surface area contributed by atoms with Gasteiger partial charge in [-0.1, -0.05) is 60.5 Å². The van der Waals surface area contributed by atoms with E-state index < -0.39 is 0 Å². The predicted octanol–water partition coefficient (Wildman–Crippen LogP) is 5.54. The van der Waals surface area contributed by atoms with Crippen molar-refractivity contribution in [3.05, 3.63) is 12.7 Å². The van der Waals surface area contributed by atoms with Crippen molar-refractivity contribution in [2.45, 2.75) is 60.8 Å². The van der Waals surface area contributed by atoms with Crippen LogP contribution in [0.4, 0.5) is 0 Å². The van der Waals surface area contributed by atoms with Crippen molar-refractivity contribution in [3.63, 3.8) is 0 Å². The molecular formula is C16H32. The lowest BCUT2D eigenvalue weighted by Gasteiger charge is -2.34. The second-order valence-electron chi connectivity index (χ2n) is 5.92. The molecule has 0 radical (unpaired) electrons. The Hall–Kier alpha value is -0.260. The fourth-order valence-corrected chi connectivity index (χ4v) is 2.91. The quantitative estimate of drug-likeness (QED) is 0.475. The van der Waals surface area contributed by atoms with E-state index in [-0.39, 0.29) is 0 Å². The van der Waals surface area contributed by atoms with Gasteiger partial charge in [0.2, 0.25) is 0 Å². The SMILES string of the molecule is C=CCC(C(C)C)C(C)C(C)C(C)CCC. The smallest absolute Gasteiger partial charge is 0.0320 e. The lowest BCUT2D eigenvalue weighted by atomic mass is 9.71. The highest BCUT2D eigenvalue weighted by atomic mass is 14.3. The summed E-state index contributed by atoms with van der Waals surface area (Å²) in [4.78, 5) is 0. The molecule has 0 aromatic carbocycles. The second-order valence-corrected chi connectivity index (χ2v) is 5.92. The molecule has 0 aromatic heterocycles. The maximum atomic E-state index is 3.91. The zero-order valence-corrected chi connectivity index (χ0v) is 12.3. The minimum Gasteiger partial charge on any atom is -0.103 e. The zero-order chi connectivity index (χ0) is 12.7. The van der Waals surface area contributed by atoms with Crippen molar-refractivity contribution in [2.24, 2.45) is 29.6 Å². The largest absolute Gasteiger partial charge is 0.103 e. The fourth-order valence-electron chi connectivity index (χ4n) is 2.91. The van der Waals surface area contributed by atoms with Crippen LogP contribution in [0, 0.1) is 29.6 Å². The van der Waals surface area contributed by atoms with Crippen LogP contribution in [0.3, 0.4) is 0 Å². The van der Waals surface area contributed by atoms with Gasteiger partial charge < -0.3 is 0 Å². The maximum Gasteiger partial charge on any atom is -0.0320 e. The first kappa shape index (κ1) is 15.7. The van der Waals surface area contributed by atoms with E-state index in [0.717, 1.165) is 29.6 Å². The molecule has 0 amide bonds. The van der Waals surface area contributed by atoms with Crippen molar-refractivity contribution in [3.8, 4) is 0 Å². The molecule has 0 heteroatoms. The Labute approximate surface area is 104 Å². The van der Waals surface area contributed by atoms with E-state index in [1.165, 1.54) is 19.3 Å². The molecule has 0 fully saturated rings. The fraction of sp³-hybridized carbons (Fsp3) is 0.875. The Morgan fingerprint density at radius 2 is 1.56 bits per heavy atom. The highest BCUT2D eigenvalue weighted by Crippen LogP contribution is 2.35. The molecule has 4 unspecified atom stereocenters. The van der Waals surface area contributed by atoms with Crippen LogP contribution >= 0.6 is 0 Å². The molecule has 0 rings (SSSR count). The van der Waals surface area contributed by atoms with Crippen LogP contribution < -0.4 is 0 Å². The molecule has 0 aliphatic carbocycles. The summed E-state index contributed by atoms with van der Waals surface area (Å²) in [6.45, 7) is 18.2.